The number of hydrogen-bond acceptors (Lipinski definition) is 2. The number of halogens is 2. The molecule has 1 heterocycles. The Kier molecular flexibility index (Phi) is 4.49. The summed E-state index contributed by atoms with van der Waals surface area (Å²) in [6.07, 6.45) is 0.379. The Morgan fingerprint density at radius 2 is 2.22 bits per heavy atom. The molecule has 2 rings (SSSR count). The van der Waals surface area contributed by atoms with Crippen molar-refractivity contribution in [2.45, 2.75) is 19.4 Å². The first-order valence-electron chi connectivity index (χ1n) is 6.01. The van der Waals surface area contributed by atoms with Crippen molar-refractivity contribution in [2.24, 2.45) is 0 Å². The molecule has 1 aromatic rings. The topological polar surface area (TPSA) is 32.3 Å². The quantitative estimate of drug-likeness (QED) is 0.905. The Balaban J connectivity index is 2.00. The van der Waals surface area contributed by atoms with Crippen molar-refractivity contribution in [2.75, 3.05) is 19.6 Å². The monoisotopic (exact) mass is 286 g/mol. The van der Waals surface area contributed by atoms with Crippen LogP contribution in [0.1, 0.15) is 12.5 Å². The average Bonchev–Trinajstić information content (AvgIpc) is 2.34. The molecule has 98 valence electrons. The summed E-state index contributed by atoms with van der Waals surface area (Å²) < 4.78 is 0. The van der Waals surface area contributed by atoms with Gasteiger partial charge >= 0.3 is 0 Å². The normalized spacial score (nSPS) is 19.9. The molecule has 0 aliphatic carbocycles. The van der Waals surface area contributed by atoms with Gasteiger partial charge < -0.3 is 10.2 Å². The molecule has 1 N–H and O–H groups in total. The smallest absolute Gasteiger partial charge is 0.227 e. The van der Waals surface area contributed by atoms with Crippen LogP contribution in [0.4, 0.5) is 0 Å². The van der Waals surface area contributed by atoms with Crippen molar-refractivity contribution in [3.8, 4) is 0 Å². The molecule has 1 aliphatic rings. The molecule has 0 bridgehead atoms. The molecule has 1 aromatic carbocycles. The summed E-state index contributed by atoms with van der Waals surface area (Å²) in [5.41, 5.74) is 0.903. The number of rotatable bonds is 2. The fourth-order valence-electron chi connectivity index (χ4n) is 2.09. The Morgan fingerprint density at radius 1 is 1.44 bits per heavy atom. The molecule has 18 heavy (non-hydrogen) atoms. The van der Waals surface area contributed by atoms with Crippen LogP contribution in [0.2, 0.25) is 10.0 Å². The van der Waals surface area contributed by atoms with E-state index in [1.807, 2.05) is 11.0 Å². The highest BCUT2D eigenvalue weighted by Gasteiger charge is 2.20. The molecule has 0 unspecified atom stereocenters. The van der Waals surface area contributed by atoms with Gasteiger partial charge in [-0.2, -0.15) is 0 Å². The second-order valence-corrected chi connectivity index (χ2v) is 5.43. The zero-order valence-corrected chi connectivity index (χ0v) is 11.8. The fraction of sp³-hybridized carbons (Fsp3) is 0.462. The number of nitrogens with zero attached hydrogens (tertiary/aromatic N) is 1. The Morgan fingerprint density at radius 3 is 2.89 bits per heavy atom. The van der Waals surface area contributed by atoms with E-state index in [0.717, 1.165) is 25.2 Å². The predicted molar refractivity (Wildman–Crippen MR) is 74.2 cm³/mol. The van der Waals surface area contributed by atoms with Gasteiger partial charge in [-0.3, -0.25) is 4.79 Å². The lowest BCUT2D eigenvalue weighted by Crippen LogP contribution is -2.51. The molecule has 3 nitrogen and oxygen atoms in total. The van der Waals surface area contributed by atoms with Crippen LogP contribution in [0, 0.1) is 0 Å². The van der Waals surface area contributed by atoms with E-state index >= 15 is 0 Å². The third-order valence-corrected chi connectivity index (χ3v) is 3.80. The van der Waals surface area contributed by atoms with E-state index in [1.54, 1.807) is 12.1 Å². The molecule has 0 radical (unpaired) electrons. The molecule has 1 amide bonds. The molecular weight excluding hydrogens is 271 g/mol. The summed E-state index contributed by atoms with van der Waals surface area (Å²) in [6, 6.07) is 5.69. The van der Waals surface area contributed by atoms with E-state index in [4.69, 9.17) is 23.2 Å². The lowest BCUT2D eigenvalue weighted by Gasteiger charge is -2.32. The number of benzene rings is 1. The first-order chi connectivity index (χ1) is 8.56. The maximum Gasteiger partial charge on any atom is 0.227 e. The maximum atomic E-state index is 12.1. The number of carbonyl (C=O) groups excluding carboxylic acids is 1. The van der Waals surface area contributed by atoms with E-state index < -0.39 is 0 Å². The Bertz CT molecular complexity index is 451. The van der Waals surface area contributed by atoms with Crippen LogP contribution in [-0.2, 0) is 11.2 Å². The minimum absolute atomic E-state index is 0.140. The third kappa shape index (κ3) is 3.37. The highest BCUT2D eigenvalue weighted by molar-refractivity contribution is 6.42. The zero-order chi connectivity index (χ0) is 13.1. The van der Waals surface area contributed by atoms with Gasteiger partial charge in [-0.25, -0.2) is 0 Å². The molecule has 1 atom stereocenters. The average molecular weight is 287 g/mol. The second kappa shape index (κ2) is 5.91. The number of hydrogen-bond donors (Lipinski definition) is 1. The summed E-state index contributed by atoms with van der Waals surface area (Å²) in [7, 11) is 0. The number of carbonyl (C=O) groups is 1. The summed E-state index contributed by atoms with van der Waals surface area (Å²) in [5.74, 6) is 0.140. The molecule has 1 saturated heterocycles. The summed E-state index contributed by atoms with van der Waals surface area (Å²) in [4.78, 5) is 14.0. The summed E-state index contributed by atoms with van der Waals surface area (Å²) in [6.45, 7) is 4.47. The van der Waals surface area contributed by atoms with Crippen LogP contribution in [0.25, 0.3) is 0 Å². The summed E-state index contributed by atoms with van der Waals surface area (Å²) >= 11 is 11.8. The van der Waals surface area contributed by atoms with Crippen molar-refractivity contribution in [3.63, 3.8) is 0 Å². The van der Waals surface area contributed by atoms with Crippen LogP contribution in [0.15, 0.2) is 18.2 Å². The number of nitrogens with one attached hydrogen (secondary N) is 1. The van der Waals surface area contributed by atoms with Crippen molar-refractivity contribution in [3.05, 3.63) is 33.8 Å². The van der Waals surface area contributed by atoms with Crippen molar-refractivity contribution >= 4 is 29.1 Å². The van der Waals surface area contributed by atoms with Gasteiger partial charge in [-0.05, 0) is 24.6 Å². The molecule has 5 heteroatoms. The largest absolute Gasteiger partial charge is 0.340 e. The lowest BCUT2D eigenvalue weighted by atomic mass is 10.1. The first-order valence-corrected chi connectivity index (χ1v) is 6.77. The molecule has 0 aromatic heterocycles. The highest BCUT2D eigenvalue weighted by Crippen LogP contribution is 2.23. The van der Waals surface area contributed by atoms with Crippen LogP contribution in [0.3, 0.4) is 0 Å². The third-order valence-electron chi connectivity index (χ3n) is 3.06. The van der Waals surface area contributed by atoms with Gasteiger partial charge in [-0.1, -0.05) is 29.3 Å². The lowest BCUT2D eigenvalue weighted by molar-refractivity contribution is -0.131. The van der Waals surface area contributed by atoms with Crippen LogP contribution < -0.4 is 5.32 Å². The Hall–Kier alpha value is -0.770. The van der Waals surface area contributed by atoms with Crippen LogP contribution in [0.5, 0.6) is 0 Å². The minimum Gasteiger partial charge on any atom is -0.340 e. The minimum atomic E-state index is 0.140. The van der Waals surface area contributed by atoms with E-state index in [2.05, 4.69) is 12.2 Å². The molecule has 0 saturated carbocycles. The number of amides is 1. The van der Waals surface area contributed by atoms with Gasteiger partial charge in [0, 0.05) is 25.7 Å². The standard InChI is InChI=1S/C13H16Cl2N2O/c1-9-8-17(5-4-16-9)13(18)7-10-2-3-11(14)12(15)6-10/h2-3,6,9,16H,4-5,7-8H2,1H3/t9-/m1/s1. The fourth-order valence-corrected chi connectivity index (χ4v) is 2.42. The molecule has 1 aliphatic heterocycles. The van der Waals surface area contributed by atoms with Gasteiger partial charge in [0.25, 0.3) is 0 Å². The highest BCUT2D eigenvalue weighted by atomic mass is 35.5. The number of piperazine rings is 1. The Labute approximate surface area is 117 Å². The molecule has 1 fully saturated rings. The summed E-state index contributed by atoms with van der Waals surface area (Å²) in [5, 5.41) is 4.33. The zero-order valence-electron chi connectivity index (χ0n) is 10.2. The van der Waals surface area contributed by atoms with Gasteiger partial charge in [-0.15, -0.1) is 0 Å². The molecular formula is C13H16Cl2N2O. The van der Waals surface area contributed by atoms with Crippen LogP contribution >= 0.6 is 23.2 Å². The first kappa shape index (κ1) is 13.7. The molecule has 0 spiro atoms. The van der Waals surface area contributed by atoms with Gasteiger partial charge in [0.1, 0.15) is 0 Å². The van der Waals surface area contributed by atoms with Gasteiger partial charge in [0.2, 0.25) is 5.91 Å². The van der Waals surface area contributed by atoms with E-state index in [0.29, 0.717) is 22.5 Å². The van der Waals surface area contributed by atoms with Gasteiger partial charge in [0.05, 0.1) is 16.5 Å². The predicted octanol–water partition coefficient (Wildman–Crippen LogP) is 2.36. The maximum absolute atomic E-state index is 12.1. The second-order valence-electron chi connectivity index (χ2n) is 4.62. The van der Waals surface area contributed by atoms with E-state index in [9.17, 15) is 4.79 Å². The van der Waals surface area contributed by atoms with Gasteiger partial charge in [0.15, 0.2) is 0 Å². The van der Waals surface area contributed by atoms with Crippen molar-refractivity contribution in [1.29, 1.82) is 0 Å². The van der Waals surface area contributed by atoms with Crippen LogP contribution in [-0.4, -0.2) is 36.5 Å². The van der Waals surface area contributed by atoms with E-state index in [1.165, 1.54) is 0 Å². The van der Waals surface area contributed by atoms with E-state index in [-0.39, 0.29) is 5.91 Å². The van der Waals surface area contributed by atoms with Crippen molar-refractivity contribution < 1.29 is 4.79 Å². The van der Waals surface area contributed by atoms with Crippen molar-refractivity contribution in [1.82, 2.24) is 10.2 Å². The SMILES string of the molecule is C[C@@H]1CN(C(=O)Cc2ccc(Cl)c(Cl)c2)CCN1.